The quantitative estimate of drug-likeness (QED) is 0.853. The van der Waals surface area contributed by atoms with E-state index in [0.717, 1.165) is 5.56 Å². The number of aromatic hydroxyl groups is 1. The van der Waals surface area contributed by atoms with Gasteiger partial charge in [0.2, 0.25) is 0 Å². The van der Waals surface area contributed by atoms with Gasteiger partial charge in [-0.2, -0.15) is 0 Å². The van der Waals surface area contributed by atoms with Crippen molar-refractivity contribution >= 4 is 21.6 Å². The van der Waals surface area contributed by atoms with Crippen LogP contribution in [0.5, 0.6) is 11.5 Å². The Bertz CT molecular complexity index is 604. The van der Waals surface area contributed by atoms with E-state index in [1.165, 1.54) is 6.07 Å². The van der Waals surface area contributed by atoms with Crippen molar-refractivity contribution in [3.8, 4) is 11.5 Å². The molecule has 0 aliphatic heterocycles. The van der Waals surface area contributed by atoms with Gasteiger partial charge in [-0.25, -0.2) is 4.39 Å². The number of anilines is 1. The first-order valence-electron chi connectivity index (χ1n) is 6.23. The van der Waals surface area contributed by atoms with Crippen molar-refractivity contribution in [2.45, 2.75) is 13.5 Å². The summed E-state index contributed by atoms with van der Waals surface area (Å²) in [5, 5.41) is 12.7. The molecule has 0 saturated carbocycles. The maximum Gasteiger partial charge on any atom is 0.161 e. The molecule has 0 amide bonds. The Balaban J connectivity index is 2.06. The second-order valence-electron chi connectivity index (χ2n) is 4.22. The third kappa shape index (κ3) is 3.63. The Kier molecular flexibility index (Phi) is 4.84. The zero-order chi connectivity index (χ0) is 14.5. The summed E-state index contributed by atoms with van der Waals surface area (Å²) < 4.78 is 19.1. The molecule has 106 valence electrons. The molecule has 0 atom stereocenters. The van der Waals surface area contributed by atoms with E-state index in [1.807, 2.05) is 6.92 Å². The van der Waals surface area contributed by atoms with Crippen molar-refractivity contribution in [3.63, 3.8) is 0 Å². The molecule has 0 aromatic heterocycles. The average Bonchev–Trinajstić information content (AvgIpc) is 2.43. The largest absolute Gasteiger partial charge is 0.504 e. The van der Waals surface area contributed by atoms with Gasteiger partial charge in [-0.15, -0.1) is 0 Å². The summed E-state index contributed by atoms with van der Waals surface area (Å²) in [5.41, 5.74) is 1.63. The van der Waals surface area contributed by atoms with Crippen LogP contribution in [-0.4, -0.2) is 11.7 Å². The average molecular weight is 340 g/mol. The van der Waals surface area contributed by atoms with Crippen molar-refractivity contribution in [1.82, 2.24) is 0 Å². The molecule has 2 aromatic rings. The molecule has 0 aliphatic rings. The summed E-state index contributed by atoms with van der Waals surface area (Å²) in [6.07, 6.45) is 0. The van der Waals surface area contributed by atoms with Gasteiger partial charge in [0.25, 0.3) is 0 Å². The number of hydrogen-bond acceptors (Lipinski definition) is 3. The van der Waals surface area contributed by atoms with Crippen LogP contribution in [0.4, 0.5) is 10.1 Å². The van der Waals surface area contributed by atoms with Crippen molar-refractivity contribution in [2.24, 2.45) is 0 Å². The van der Waals surface area contributed by atoms with Crippen LogP contribution in [-0.2, 0) is 6.54 Å². The molecule has 3 nitrogen and oxygen atoms in total. The molecule has 20 heavy (non-hydrogen) atoms. The van der Waals surface area contributed by atoms with Crippen LogP contribution in [0.2, 0.25) is 0 Å². The maximum absolute atomic E-state index is 13.4. The van der Waals surface area contributed by atoms with Gasteiger partial charge in [0.1, 0.15) is 5.82 Å². The number of phenolic OH excluding ortho intramolecular Hbond substituents is 1. The highest BCUT2D eigenvalue weighted by Crippen LogP contribution is 2.27. The third-order valence-electron chi connectivity index (χ3n) is 2.74. The van der Waals surface area contributed by atoms with Gasteiger partial charge in [0.15, 0.2) is 11.5 Å². The molecule has 5 heteroatoms. The molecule has 0 saturated heterocycles. The van der Waals surface area contributed by atoms with E-state index in [2.05, 4.69) is 21.2 Å². The number of rotatable bonds is 5. The molecule has 0 aliphatic carbocycles. The second-order valence-corrected chi connectivity index (χ2v) is 5.07. The molecule has 2 N–H and O–H groups in total. The van der Waals surface area contributed by atoms with Crippen molar-refractivity contribution in [2.75, 3.05) is 11.9 Å². The van der Waals surface area contributed by atoms with Gasteiger partial charge in [0, 0.05) is 12.2 Å². The topological polar surface area (TPSA) is 41.5 Å². The van der Waals surface area contributed by atoms with E-state index in [4.69, 9.17) is 4.74 Å². The Hall–Kier alpha value is -1.75. The van der Waals surface area contributed by atoms with E-state index in [1.54, 1.807) is 30.3 Å². The lowest BCUT2D eigenvalue weighted by Gasteiger charge is -2.10. The lowest BCUT2D eigenvalue weighted by atomic mass is 10.2. The monoisotopic (exact) mass is 339 g/mol. The minimum atomic E-state index is -0.310. The van der Waals surface area contributed by atoms with Crippen LogP contribution < -0.4 is 10.1 Å². The fourth-order valence-electron chi connectivity index (χ4n) is 1.75. The van der Waals surface area contributed by atoms with Gasteiger partial charge < -0.3 is 15.2 Å². The zero-order valence-electron chi connectivity index (χ0n) is 11.0. The molecule has 2 aromatic carbocycles. The van der Waals surface area contributed by atoms with E-state index in [-0.39, 0.29) is 11.6 Å². The standard InChI is InChI=1S/C15H15BrFNO2/c1-2-20-15-7-10(3-6-14(15)19)9-18-11-4-5-12(16)13(17)8-11/h3-8,18-19H,2,9H2,1H3. The van der Waals surface area contributed by atoms with Crippen LogP contribution in [0, 0.1) is 5.82 Å². The Morgan fingerprint density at radius 1 is 1.25 bits per heavy atom. The molecule has 0 fully saturated rings. The van der Waals surface area contributed by atoms with E-state index in [0.29, 0.717) is 29.1 Å². The van der Waals surface area contributed by atoms with Crippen LogP contribution in [0.3, 0.4) is 0 Å². The smallest absolute Gasteiger partial charge is 0.161 e. The molecular weight excluding hydrogens is 325 g/mol. The van der Waals surface area contributed by atoms with Crippen molar-refractivity contribution < 1.29 is 14.2 Å². The van der Waals surface area contributed by atoms with Gasteiger partial charge in [-0.05, 0) is 58.7 Å². The Labute approximate surface area is 125 Å². The van der Waals surface area contributed by atoms with Gasteiger partial charge >= 0.3 is 0 Å². The second kappa shape index (κ2) is 6.61. The summed E-state index contributed by atoms with van der Waals surface area (Å²) in [7, 11) is 0. The Morgan fingerprint density at radius 3 is 2.75 bits per heavy atom. The summed E-state index contributed by atoms with van der Waals surface area (Å²) in [5.74, 6) is 0.259. The lowest BCUT2D eigenvalue weighted by Crippen LogP contribution is -2.01. The Morgan fingerprint density at radius 2 is 2.05 bits per heavy atom. The number of halogens is 2. The molecule has 0 unspecified atom stereocenters. The van der Waals surface area contributed by atoms with E-state index >= 15 is 0 Å². The lowest BCUT2D eigenvalue weighted by molar-refractivity contribution is 0.318. The first-order chi connectivity index (χ1) is 9.60. The summed E-state index contributed by atoms with van der Waals surface area (Å²) in [6, 6.07) is 10.0. The van der Waals surface area contributed by atoms with Crippen molar-refractivity contribution in [3.05, 3.63) is 52.3 Å². The molecule has 0 bridgehead atoms. The molecule has 0 radical (unpaired) electrons. The zero-order valence-corrected chi connectivity index (χ0v) is 12.6. The van der Waals surface area contributed by atoms with Gasteiger partial charge in [0.05, 0.1) is 11.1 Å². The molecule has 0 heterocycles. The van der Waals surface area contributed by atoms with Crippen molar-refractivity contribution in [1.29, 1.82) is 0 Å². The van der Waals surface area contributed by atoms with Crippen LogP contribution in [0.25, 0.3) is 0 Å². The number of ether oxygens (including phenoxy) is 1. The summed E-state index contributed by atoms with van der Waals surface area (Å²) in [4.78, 5) is 0. The first kappa shape index (κ1) is 14.7. The normalized spacial score (nSPS) is 10.3. The maximum atomic E-state index is 13.4. The van der Waals surface area contributed by atoms with Crippen LogP contribution >= 0.6 is 15.9 Å². The third-order valence-corrected chi connectivity index (χ3v) is 3.38. The molecule has 2 rings (SSSR count). The number of hydrogen-bond donors (Lipinski definition) is 2. The number of benzene rings is 2. The molecular formula is C15H15BrFNO2. The predicted octanol–water partition coefficient (Wildman–Crippen LogP) is 4.30. The highest BCUT2D eigenvalue weighted by molar-refractivity contribution is 9.10. The van der Waals surface area contributed by atoms with E-state index in [9.17, 15) is 9.50 Å². The number of nitrogens with one attached hydrogen (secondary N) is 1. The van der Waals surface area contributed by atoms with Gasteiger partial charge in [-0.1, -0.05) is 6.07 Å². The highest BCUT2D eigenvalue weighted by atomic mass is 79.9. The minimum absolute atomic E-state index is 0.116. The predicted molar refractivity (Wildman–Crippen MR) is 80.7 cm³/mol. The van der Waals surface area contributed by atoms with Crippen LogP contribution in [0.1, 0.15) is 12.5 Å². The van der Waals surface area contributed by atoms with Crippen LogP contribution in [0.15, 0.2) is 40.9 Å². The highest BCUT2D eigenvalue weighted by Gasteiger charge is 2.04. The number of phenols is 1. The summed E-state index contributed by atoms with van der Waals surface area (Å²) in [6.45, 7) is 2.86. The summed E-state index contributed by atoms with van der Waals surface area (Å²) >= 11 is 3.11. The van der Waals surface area contributed by atoms with Gasteiger partial charge in [-0.3, -0.25) is 0 Å². The SMILES string of the molecule is CCOc1cc(CNc2ccc(Br)c(F)c2)ccc1O. The minimum Gasteiger partial charge on any atom is -0.504 e. The van der Waals surface area contributed by atoms with E-state index < -0.39 is 0 Å². The first-order valence-corrected chi connectivity index (χ1v) is 7.03. The molecule has 0 spiro atoms. The fourth-order valence-corrected chi connectivity index (χ4v) is 2.00. The fraction of sp³-hybridized carbons (Fsp3) is 0.200.